The van der Waals surface area contributed by atoms with Crippen LogP contribution in [0.25, 0.3) is 22.2 Å². The van der Waals surface area contributed by atoms with E-state index < -0.39 is 23.6 Å². The lowest BCUT2D eigenvalue weighted by Gasteiger charge is -2.31. The zero-order valence-electron chi connectivity index (χ0n) is 23.7. The minimum absolute atomic E-state index is 0.0903. The summed E-state index contributed by atoms with van der Waals surface area (Å²) in [7, 11) is 1.56. The third kappa shape index (κ3) is 6.55. The van der Waals surface area contributed by atoms with Gasteiger partial charge in [-0.1, -0.05) is 36.4 Å². The number of nitrogens with zero attached hydrogens (tertiary/aromatic N) is 3. The first-order valence-electron chi connectivity index (χ1n) is 13.8. The van der Waals surface area contributed by atoms with E-state index in [1.165, 1.54) is 18.5 Å². The average molecular weight is 593 g/mol. The zero-order valence-corrected chi connectivity index (χ0v) is 23.7. The molecule has 3 aromatic carbocycles. The number of benzene rings is 3. The highest BCUT2D eigenvalue weighted by atomic mass is 19.4. The van der Waals surface area contributed by atoms with Crippen molar-refractivity contribution in [2.45, 2.75) is 31.9 Å². The first-order valence-corrected chi connectivity index (χ1v) is 13.8. The minimum atomic E-state index is -4.48. The summed E-state index contributed by atoms with van der Waals surface area (Å²) < 4.78 is 50.8. The molecule has 0 aliphatic carbocycles. The Bertz CT molecular complexity index is 1620. The lowest BCUT2D eigenvalue weighted by Crippen LogP contribution is -2.38. The van der Waals surface area contributed by atoms with Crippen molar-refractivity contribution in [1.82, 2.24) is 14.9 Å². The molecule has 1 atom stereocenters. The highest BCUT2D eigenvalue weighted by Gasteiger charge is 2.31. The number of rotatable bonds is 8. The predicted molar refractivity (Wildman–Crippen MR) is 154 cm³/mol. The molecule has 4 aromatic rings. The van der Waals surface area contributed by atoms with E-state index in [9.17, 15) is 22.8 Å². The van der Waals surface area contributed by atoms with E-state index in [1.54, 1.807) is 38.3 Å². The zero-order chi connectivity index (χ0) is 30.7. The number of fused-ring (bicyclic) bond motifs is 1. The van der Waals surface area contributed by atoms with Gasteiger partial charge >= 0.3 is 6.18 Å². The molecule has 1 saturated heterocycles. The van der Waals surface area contributed by atoms with E-state index in [4.69, 9.17) is 15.2 Å². The molecule has 1 aliphatic heterocycles. The van der Waals surface area contributed by atoms with Crippen molar-refractivity contribution in [2.75, 3.05) is 26.8 Å². The molecular formula is C32H31F3N4O4. The lowest BCUT2D eigenvalue weighted by molar-refractivity contribution is -0.137. The van der Waals surface area contributed by atoms with Gasteiger partial charge in [0.05, 0.1) is 36.4 Å². The second kappa shape index (κ2) is 12.3. The molecule has 0 bridgehead atoms. The second-order valence-electron chi connectivity index (χ2n) is 10.6. The number of aromatic nitrogens is 2. The highest BCUT2D eigenvalue weighted by Crippen LogP contribution is 2.37. The van der Waals surface area contributed by atoms with E-state index in [-0.39, 0.29) is 5.91 Å². The molecule has 2 heterocycles. The molecule has 0 radical (unpaired) electrons. The number of amides is 2. The number of hydrogen-bond acceptors (Lipinski definition) is 6. The van der Waals surface area contributed by atoms with Gasteiger partial charge in [0.25, 0.3) is 0 Å². The molecule has 11 heteroatoms. The van der Waals surface area contributed by atoms with Gasteiger partial charge in [0.1, 0.15) is 6.33 Å². The van der Waals surface area contributed by atoms with E-state index in [1.807, 2.05) is 17.0 Å². The van der Waals surface area contributed by atoms with Crippen molar-refractivity contribution in [2.24, 2.45) is 11.7 Å². The quantitative estimate of drug-likeness (QED) is 0.286. The molecule has 1 fully saturated rings. The Kier molecular flexibility index (Phi) is 8.52. The Morgan fingerprint density at radius 1 is 0.977 bits per heavy atom. The number of carbonyl (C=O) groups excluding carboxylic acids is 2. The first kappa shape index (κ1) is 29.8. The Labute approximate surface area is 246 Å². The van der Waals surface area contributed by atoms with Gasteiger partial charge in [0.15, 0.2) is 11.5 Å². The van der Waals surface area contributed by atoms with Crippen LogP contribution in [0.2, 0.25) is 0 Å². The molecule has 1 unspecified atom stereocenters. The summed E-state index contributed by atoms with van der Waals surface area (Å²) in [5.41, 5.74) is 7.77. The number of piperidine rings is 1. The highest BCUT2D eigenvalue weighted by molar-refractivity contribution is 5.94. The summed E-state index contributed by atoms with van der Waals surface area (Å²) in [5, 5.41) is 0.725. The fourth-order valence-electron chi connectivity index (χ4n) is 5.41. The Morgan fingerprint density at radius 3 is 2.16 bits per heavy atom. The first-order chi connectivity index (χ1) is 20.5. The van der Waals surface area contributed by atoms with E-state index in [0.29, 0.717) is 46.4 Å². The molecule has 1 aromatic heterocycles. The van der Waals surface area contributed by atoms with Crippen molar-refractivity contribution in [1.29, 1.82) is 0 Å². The SMILES string of the molecule is COc1cc2c(-c3ccc(C(C(N)=O)c4ccc(C(F)(F)F)cc4)cc3)ncnc2cc1OCC1CCN(C(C)=O)CC1. The second-order valence-corrected chi connectivity index (χ2v) is 10.6. The van der Waals surface area contributed by atoms with Crippen molar-refractivity contribution in [3.05, 3.63) is 83.7 Å². The third-order valence-corrected chi connectivity index (χ3v) is 7.83. The predicted octanol–water partition coefficient (Wildman–Crippen LogP) is 5.58. The summed E-state index contributed by atoms with van der Waals surface area (Å²) in [4.78, 5) is 34.7. The smallest absolute Gasteiger partial charge is 0.416 e. The van der Waals surface area contributed by atoms with Gasteiger partial charge < -0.3 is 20.1 Å². The van der Waals surface area contributed by atoms with Crippen molar-refractivity contribution in [3.63, 3.8) is 0 Å². The normalized spacial score (nSPS) is 14.9. The largest absolute Gasteiger partial charge is 0.493 e. The van der Waals surface area contributed by atoms with Crippen LogP contribution in [0.15, 0.2) is 67.0 Å². The van der Waals surface area contributed by atoms with Crippen LogP contribution in [-0.4, -0.2) is 53.5 Å². The summed E-state index contributed by atoms with van der Waals surface area (Å²) in [6, 6.07) is 15.0. The molecule has 0 spiro atoms. The monoisotopic (exact) mass is 592 g/mol. The number of halogens is 3. The lowest BCUT2D eigenvalue weighted by atomic mass is 9.89. The van der Waals surface area contributed by atoms with Crippen LogP contribution < -0.4 is 15.2 Å². The average Bonchev–Trinajstić information content (AvgIpc) is 2.99. The van der Waals surface area contributed by atoms with Crippen LogP contribution in [0.1, 0.15) is 42.4 Å². The van der Waals surface area contributed by atoms with Gasteiger partial charge in [-0.2, -0.15) is 13.2 Å². The molecule has 43 heavy (non-hydrogen) atoms. The molecule has 2 amide bonds. The fourth-order valence-corrected chi connectivity index (χ4v) is 5.41. The summed E-state index contributed by atoms with van der Waals surface area (Å²) >= 11 is 0. The van der Waals surface area contributed by atoms with Gasteiger partial charge in [0.2, 0.25) is 11.8 Å². The van der Waals surface area contributed by atoms with Gasteiger partial charge in [-0.15, -0.1) is 0 Å². The maximum atomic E-state index is 13.0. The summed E-state index contributed by atoms with van der Waals surface area (Å²) in [6.45, 7) is 3.52. The van der Waals surface area contributed by atoms with E-state index >= 15 is 0 Å². The topological polar surface area (TPSA) is 108 Å². The van der Waals surface area contributed by atoms with Gasteiger partial charge in [-0.05, 0) is 48.1 Å². The third-order valence-electron chi connectivity index (χ3n) is 7.83. The number of carbonyl (C=O) groups is 2. The number of methoxy groups -OCH3 is 1. The standard InChI is InChI=1S/C32H31F3N4O4/c1-19(40)39-13-11-20(12-14-39)17-43-28-16-26-25(15-27(28)42-2)30(38-18-37-26)23-5-3-21(4-6-23)29(31(36)41)22-7-9-24(10-8-22)32(33,34)35/h3-10,15-16,18,20,29H,11-14,17H2,1-2H3,(H2,36,41). The van der Waals surface area contributed by atoms with Crippen LogP contribution in [0.4, 0.5) is 13.2 Å². The van der Waals surface area contributed by atoms with Crippen LogP contribution in [0, 0.1) is 5.92 Å². The van der Waals surface area contributed by atoms with Gasteiger partial charge in [-0.3, -0.25) is 9.59 Å². The van der Waals surface area contributed by atoms with Crippen molar-refractivity contribution >= 4 is 22.7 Å². The molecule has 2 N–H and O–H groups in total. The van der Waals surface area contributed by atoms with Crippen LogP contribution in [0.3, 0.4) is 0 Å². The number of hydrogen-bond donors (Lipinski definition) is 1. The minimum Gasteiger partial charge on any atom is -0.493 e. The summed E-state index contributed by atoms with van der Waals surface area (Å²) in [5.74, 6) is -0.105. The molecule has 224 valence electrons. The molecular weight excluding hydrogens is 561 g/mol. The molecule has 1 aliphatic rings. The van der Waals surface area contributed by atoms with Gasteiger partial charge in [0, 0.05) is 37.0 Å². The Morgan fingerprint density at radius 2 is 1.60 bits per heavy atom. The number of likely N-dealkylation sites (tertiary alicyclic amines) is 1. The van der Waals surface area contributed by atoms with Gasteiger partial charge in [-0.25, -0.2) is 9.97 Å². The van der Waals surface area contributed by atoms with Crippen molar-refractivity contribution < 1.29 is 32.2 Å². The molecule has 5 rings (SSSR count). The maximum absolute atomic E-state index is 13.0. The fraction of sp³-hybridized carbons (Fsp3) is 0.312. The summed E-state index contributed by atoms with van der Waals surface area (Å²) in [6.07, 6.45) is -1.29. The Balaban J connectivity index is 1.38. The van der Waals surface area contributed by atoms with E-state index in [0.717, 1.165) is 49.0 Å². The van der Waals surface area contributed by atoms with Crippen molar-refractivity contribution in [3.8, 4) is 22.8 Å². The number of alkyl halides is 3. The number of ether oxygens (including phenoxy) is 2. The molecule has 0 saturated carbocycles. The maximum Gasteiger partial charge on any atom is 0.416 e. The molecule has 8 nitrogen and oxygen atoms in total. The Hall–Kier alpha value is -4.67. The van der Waals surface area contributed by atoms with Crippen LogP contribution in [0.5, 0.6) is 11.5 Å². The van der Waals surface area contributed by atoms with E-state index in [2.05, 4.69) is 9.97 Å². The number of nitrogens with two attached hydrogens (primary N) is 1. The van der Waals surface area contributed by atoms with Crippen LogP contribution >= 0.6 is 0 Å². The van der Waals surface area contributed by atoms with Crippen LogP contribution in [-0.2, 0) is 15.8 Å². The number of primary amides is 1.